The number of rotatable bonds is 4. The molecule has 0 aliphatic heterocycles. The van der Waals surface area contributed by atoms with E-state index in [2.05, 4.69) is 11.4 Å². The molecular formula is C16H15N3O2. The van der Waals surface area contributed by atoms with Crippen LogP contribution in [0.2, 0.25) is 0 Å². The van der Waals surface area contributed by atoms with E-state index < -0.39 is 5.97 Å². The van der Waals surface area contributed by atoms with Gasteiger partial charge in [0.05, 0.1) is 34.8 Å². The topological polar surface area (TPSA) is 88.1 Å². The Morgan fingerprint density at radius 1 is 1.24 bits per heavy atom. The molecule has 0 unspecified atom stereocenters. The van der Waals surface area contributed by atoms with E-state index in [1.165, 1.54) is 0 Å². The van der Waals surface area contributed by atoms with Gasteiger partial charge in [-0.15, -0.1) is 0 Å². The Labute approximate surface area is 123 Å². The normalized spacial score (nSPS) is 9.71. The molecule has 106 valence electrons. The molecule has 0 fully saturated rings. The van der Waals surface area contributed by atoms with Crippen molar-refractivity contribution in [3.05, 3.63) is 53.6 Å². The molecule has 5 heteroatoms. The highest BCUT2D eigenvalue weighted by atomic mass is 16.5. The zero-order chi connectivity index (χ0) is 15.2. The Bertz CT molecular complexity index is 705. The summed E-state index contributed by atoms with van der Waals surface area (Å²) in [6.45, 7) is 2.02. The summed E-state index contributed by atoms with van der Waals surface area (Å²) in [6.07, 6.45) is 0. The summed E-state index contributed by atoms with van der Waals surface area (Å²) in [5.74, 6) is -0.466. The quantitative estimate of drug-likeness (QED) is 0.664. The smallest absolute Gasteiger partial charge is 0.340 e. The standard InChI is InChI=1S/C16H15N3O2/c1-2-21-16(20)12-7-5-9-14(15(12)18)19-13-8-4-3-6-11(13)10-17/h3-9,19H,2,18H2,1H3. The molecule has 0 heterocycles. The van der Waals surface area contributed by atoms with Gasteiger partial charge in [0.2, 0.25) is 0 Å². The number of ether oxygens (including phenoxy) is 1. The maximum atomic E-state index is 11.8. The molecular weight excluding hydrogens is 266 g/mol. The average Bonchev–Trinajstić information content (AvgIpc) is 2.50. The third-order valence-corrected chi connectivity index (χ3v) is 2.92. The highest BCUT2D eigenvalue weighted by molar-refractivity contribution is 5.99. The summed E-state index contributed by atoms with van der Waals surface area (Å²) in [7, 11) is 0. The zero-order valence-electron chi connectivity index (χ0n) is 11.6. The lowest BCUT2D eigenvalue weighted by Gasteiger charge is -2.13. The van der Waals surface area contributed by atoms with E-state index in [-0.39, 0.29) is 6.61 Å². The molecule has 0 aromatic heterocycles. The van der Waals surface area contributed by atoms with Gasteiger partial charge in [-0.25, -0.2) is 4.79 Å². The van der Waals surface area contributed by atoms with E-state index >= 15 is 0 Å². The van der Waals surface area contributed by atoms with Crippen LogP contribution in [0.3, 0.4) is 0 Å². The van der Waals surface area contributed by atoms with Crippen molar-refractivity contribution in [3.8, 4) is 6.07 Å². The van der Waals surface area contributed by atoms with Crippen LogP contribution in [0.5, 0.6) is 0 Å². The van der Waals surface area contributed by atoms with Gasteiger partial charge in [0.25, 0.3) is 0 Å². The number of carbonyl (C=O) groups excluding carboxylic acids is 1. The second-order valence-corrected chi connectivity index (χ2v) is 4.27. The molecule has 2 rings (SSSR count). The van der Waals surface area contributed by atoms with Gasteiger partial charge >= 0.3 is 5.97 Å². The second kappa shape index (κ2) is 6.44. The van der Waals surface area contributed by atoms with Crippen molar-refractivity contribution in [3.63, 3.8) is 0 Å². The second-order valence-electron chi connectivity index (χ2n) is 4.27. The lowest BCUT2D eigenvalue weighted by Crippen LogP contribution is -2.09. The van der Waals surface area contributed by atoms with Crippen LogP contribution in [-0.2, 0) is 4.74 Å². The Balaban J connectivity index is 2.36. The zero-order valence-corrected chi connectivity index (χ0v) is 11.6. The molecule has 0 spiro atoms. The molecule has 0 amide bonds. The number of hydrogen-bond donors (Lipinski definition) is 2. The third-order valence-electron chi connectivity index (χ3n) is 2.92. The Morgan fingerprint density at radius 2 is 1.95 bits per heavy atom. The molecule has 21 heavy (non-hydrogen) atoms. The third kappa shape index (κ3) is 3.12. The Kier molecular flexibility index (Phi) is 4.42. The molecule has 0 aliphatic carbocycles. The lowest BCUT2D eigenvalue weighted by molar-refractivity contribution is 0.0527. The van der Waals surface area contributed by atoms with Crippen molar-refractivity contribution in [1.29, 1.82) is 5.26 Å². The molecule has 0 atom stereocenters. The largest absolute Gasteiger partial charge is 0.462 e. The monoisotopic (exact) mass is 281 g/mol. The van der Waals surface area contributed by atoms with Crippen LogP contribution in [0.4, 0.5) is 17.1 Å². The van der Waals surface area contributed by atoms with Gasteiger partial charge in [0.1, 0.15) is 6.07 Å². The number of nitriles is 1. The minimum Gasteiger partial charge on any atom is -0.462 e. The van der Waals surface area contributed by atoms with Crippen molar-refractivity contribution in [2.75, 3.05) is 17.7 Å². The number of para-hydroxylation sites is 2. The first kappa shape index (κ1) is 14.4. The fraction of sp³-hybridized carbons (Fsp3) is 0.125. The van der Waals surface area contributed by atoms with Gasteiger partial charge < -0.3 is 15.8 Å². The van der Waals surface area contributed by atoms with Gasteiger partial charge in [-0.05, 0) is 31.2 Å². The highest BCUT2D eigenvalue weighted by Gasteiger charge is 2.14. The van der Waals surface area contributed by atoms with E-state index in [1.54, 1.807) is 43.3 Å². The molecule has 2 aromatic carbocycles. The van der Waals surface area contributed by atoms with E-state index in [9.17, 15) is 4.79 Å². The molecule has 0 saturated carbocycles. The Morgan fingerprint density at radius 3 is 2.67 bits per heavy atom. The number of nitrogens with one attached hydrogen (secondary N) is 1. The number of anilines is 3. The van der Waals surface area contributed by atoms with Gasteiger partial charge in [0.15, 0.2) is 0 Å². The van der Waals surface area contributed by atoms with Crippen molar-refractivity contribution >= 4 is 23.0 Å². The van der Waals surface area contributed by atoms with Gasteiger partial charge in [0, 0.05) is 0 Å². The SMILES string of the molecule is CCOC(=O)c1cccc(Nc2ccccc2C#N)c1N. The predicted octanol–water partition coefficient (Wildman–Crippen LogP) is 3.06. The first-order valence-electron chi connectivity index (χ1n) is 6.49. The molecule has 3 N–H and O–H groups in total. The minimum atomic E-state index is -0.466. The van der Waals surface area contributed by atoms with Gasteiger partial charge in [-0.2, -0.15) is 5.26 Å². The molecule has 2 aromatic rings. The minimum absolute atomic E-state index is 0.285. The number of hydrogen-bond acceptors (Lipinski definition) is 5. The number of nitrogens with zero attached hydrogens (tertiary/aromatic N) is 1. The summed E-state index contributed by atoms with van der Waals surface area (Å²) >= 11 is 0. The van der Waals surface area contributed by atoms with E-state index in [1.807, 2.05) is 6.07 Å². The fourth-order valence-electron chi connectivity index (χ4n) is 1.90. The van der Waals surface area contributed by atoms with Gasteiger partial charge in [-0.1, -0.05) is 18.2 Å². The number of benzene rings is 2. The lowest BCUT2D eigenvalue weighted by atomic mass is 10.1. The van der Waals surface area contributed by atoms with Gasteiger partial charge in [-0.3, -0.25) is 0 Å². The summed E-state index contributed by atoms with van der Waals surface area (Å²) in [4.78, 5) is 11.8. The predicted molar refractivity (Wildman–Crippen MR) is 81.3 cm³/mol. The van der Waals surface area contributed by atoms with Crippen LogP contribution in [0, 0.1) is 11.3 Å². The van der Waals surface area contributed by atoms with Crippen molar-refractivity contribution in [2.45, 2.75) is 6.92 Å². The van der Waals surface area contributed by atoms with Crippen LogP contribution in [-0.4, -0.2) is 12.6 Å². The molecule has 5 nitrogen and oxygen atoms in total. The van der Waals surface area contributed by atoms with Crippen molar-refractivity contribution in [1.82, 2.24) is 0 Å². The molecule has 0 aliphatic rings. The first-order valence-corrected chi connectivity index (χ1v) is 6.49. The number of esters is 1. The summed E-state index contributed by atoms with van der Waals surface area (Å²) in [5.41, 5.74) is 8.29. The van der Waals surface area contributed by atoms with E-state index in [0.29, 0.717) is 28.2 Å². The summed E-state index contributed by atoms with van der Waals surface area (Å²) in [6, 6.07) is 14.2. The van der Waals surface area contributed by atoms with Crippen LogP contribution in [0.15, 0.2) is 42.5 Å². The summed E-state index contributed by atoms with van der Waals surface area (Å²) in [5, 5.41) is 12.2. The van der Waals surface area contributed by atoms with Crippen molar-refractivity contribution in [2.24, 2.45) is 0 Å². The number of nitrogens with two attached hydrogens (primary N) is 1. The summed E-state index contributed by atoms with van der Waals surface area (Å²) < 4.78 is 4.96. The molecule has 0 bridgehead atoms. The first-order chi connectivity index (χ1) is 10.2. The molecule has 0 saturated heterocycles. The van der Waals surface area contributed by atoms with Crippen molar-refractivity contribution < 1.29 is 9.53 Å². The van der Waals surface area contributed by atoms with E-state index in [4.69, 9.17) is 15.7 Å². The fourth-order valence-corrected chi connectivity index (χ4v) is 1.90. The maximum absolute atomic E-state index is 11.8. The van der Waals surface area contributed by atoms with E-state index in [0.717, 1.165) is 0 Å². The van der Waals surface area contributed by atoms with Crippen LogP contribution in [0.1, 0.15) is 22.8 Å². The average molecular weight is 281 g/mol. The number of carbonyl (C=O) groups is 1. The maximum Gasteiger partial charge on any atom is 0.340 e. The molecule has 0 radical (unpaired) electrons. The van der Waals surface area contributed by atoms with Crippen LogP contribution in [0.25, 0.3) is 0 Å². The Hall–Kier alpha value is -3.00. The van der Waals surface area contributed by atoms with Crippen LogP contribution < -0.4 is 11.1 Å². The number of nitrogen functional groups attached to an aromatic ring is 1. The van der Waals surface area contributed by atoms with Crippen LogP contribution >= 0.6 is 0 Å². The highest BCUT2D eigenvalue weighted by Crippen LogP contribution is 2.28.